The van der Waals surface area contributed by atoms with Gasteiger partial charge in [0.25, 0.3) is 5.91 Å². The van der Waals surface area contributed by atoms with Gasteiger partial charge < -0.3 is 15.0 Å². The summed E-state index contributed by atoms with van der Waals surface area (Å²) < 4.78 is 4.76. The predicted molar refractivity (Wildman–Crippen MR) is 73.5 cm³/mol. The van der Waals surface area contributed by atoms with E-state index in [4.69, 9.17) is 4.74 Å². The van der Waals surface area contributed by atoms with Crippen molar-refractivity contribution < 1.29 is 14.3 Å². The van der Waals surface area contributed by atoms with E-state index in [1.807, 2.05) is 20.8 Å². The first-order valence-electron chi connectivity index (χ1n) is 6.56. The number of ether oxygens (including phenoxy) is 1. The van der Waals surface area contributed by atoms with Crippen molar-refractivity contribution in [2.75, 3.05) is 7.11 Å². The lowest BCUT2D eigenvalue weighted by atomic mass is 10.1. The van der Waals surface area contributed by atoms with Crippen LogP contribution in [-0.4, -0.2) is 30.0 Å². The molecular formula is C14H22N2O3. The van der Waals surface area contributed by atoms with Crippen molar-refractivity contribution in [1.29, 1.82) is 0 Å². The minimum absolute atomic E-state index is 0.0989. The summed E-state index contributed by atoms with van der Waals surface area (Å²) in [4.78, 5) is 26.9. The van der Waals surface area contributed by atoms with Crippen LogP contribution in [0, 0.1) is 6.92 Å². The maximum Gasteiger partial charge on any atom is 0.339 e. The lowest BCUT2D eigenvalue weighted by molar-refractivity contribution is 0.0599. The Labute approximate surface area is 113 Å². The second kappa shape index (κ2) is 6.41. The van der Waals surface area contributed by atoms with Gasteiger partial charge in [-0.1, -0.05) is 13.8 Å². The van der Waals surface area contributed by atoms with E-state index in [9.17, 15) is 9.59 Å². The Balaban J connectivity index is 3.13. The van der Waals surface area contributed by atoms with E-state index in [1.165, 1.54) is 7.11 Å². The number of esters is 1. The standard InChI is InChI=1S/C14H22N2O3/c1-6-8(3)15-13(17)12-9(4)11(14(18)19-5)10(7-2)16-12/h8,16H,6-7H2,1-5H3,(H,15,17). The van der Waals surface area contributed by atoms with E-state index in [1.54, 1.807) is 6.92 Å². The number of H-pyrrole nitrogens is 1. The van der Waals surface area contributed by atoms with Crippen LogP contribution in [0.1, 0.15) is 59.3 Å². The lowest BCUT2D eigenvalue weighted by Gasteiger charge is -2.10. The lowest BCUT2D eigenvalue weighted by Crippen LogP contribution is -2.32. The average Bonchev–Trinajstić information content (AvgIpc) is 2.74. The number of carbonyl (C=O) groups is 2. The topological polar surface area (TPSA) is 71.2 Å². The number of hydrogen-bond donors (Lipinski definition) is 2. The Kier molecular flexibility index (Phi) is 5.15. The molecule has 1 heterocycles. The van der Waals surface area contributed by atoms with Gasteiger partial charge >= 0.3 is 5.97 Å². The van der Waals surface area contributed by atoms with Gasteiger partial charge in [0, 0.05) is 11.7 Å². The molecule has 0 saturated carbocycles. The number of aryl methyl sites for hydroxylation is 1. The highest BCUT2D eigenvalue weighted by Crippen LogP contribution is 2.20. The molecular weight excluding hydrogens is 244 g/mol. The van der Waals surface area contributed by atoms with Crippen LogP contribution in [0.2, 0.25) is 0 Å². The molecule has 106 valence electrons. The number of rotatable bonds is 5. The third-order valence-electron chi connectivity index (χ3n) is 3.29. The quantitative estimate of drug-likeness (QED) is 0.803. The van der Waals surface area contributed by atoms with Crippen LogP contribution in [0.25, 0.3) is 0 Å². The Morgan fingerprint density at radius 3 is 2.47 bits per heavy atom. The number of hydrogen-bond acceptors (Lipinski definition) is 3. The molecule has 5 nitrogen and oxygen atoms in total. The average molecular weight is 266 g/mol. The summed E-state index contributed by atoms with van der Waals surface area (Å²) in [5.74, 6) is -0.593. The van der Waals surface area contributed by atoms with Gasteiger partial charge in [-0.3, -0.25) is 4.79 Å². The number of methoxy groups -OCH3 is 1. The molecule has 0 aliphatic rings. The summed E-state index contributed by atoms with van der Waals surface area (Å²) in [5, 5.41) is 2.89. The van der Waals surface area contributed by atoms with Gasteiger partial charge in [0.1, 0.15) is 5.69 Å². The SMILES string of the molecule is CCc1[nH]c(C(=O)NC(C)CC)c(C)c1C(=O)OC. The minimum Gasteiger partial charge on any atom is -0.465 e. The summed E-state index contributed by atoms with van der Waals surface area (Å²) in [6.07, 6.45) is 1.50. The predicted octanol–water partition coefficient (Wildman–Crippen LogP) is 2.20. The molecule has 1 rings (SSSR count). The van der Waals surface area contributed by atoms with E-state index in [0.717, 1.165) is 12.1 Å². The molecule has 5 heteroatoms. The molecule has 0 fully saturated rings. The van der Waals surface area contributed by atoms with Gasteiger partial charge in [0.2, 0.25) is 0 Å². The van der Waals surface area contributed by atoms with E-state index < -0.39 is 5.97 Å². The van der Waals surface area contributed by atoms with Gasteiger partial charge in [0.05, 0.1) is 12.7 Å². The maximum absolute atomic E-state index is 12.1. The van der Waals surface area contributed by atoms with Crippen LogP contribution >= 0.6 is 0 Å². The third-order valence-corrected chi connectivity index (χ3v) is 3.29. The van der Waals surface area contributed by atoms with Gasteiger partial charge in [0.15, 0.2) is 0 Å². The number of aromatic amines is 1. The molecule has 0 saturated heterocycles. The zero-order valence-corrected chi connectivity index (χ0v) is 12.2. The van der Waals surface area contributed by atoms with Crippen molar-refractivity contribution >= 4 is 11.9 Å². The van der Waals surface area contributed by atoms with E-state index in [-0.39, 0.29) is 11.9 Å². The van der Waals surface area contributed by atoms with Crippen molar-refractivity contribution in [3.63, 3.8) is 0 Å². The normalized spacial score (nSPS) is 12.1. The second-order valence-corrected chi connectivity index (χ2v) is 4.61. The zero-order chi connectivity index (χ0) is 14.6. The molecule has 1 amide bonds. The van der Waals surface area contributed by atoms with Crippen LogP contribution in [-0.2, 0) is 11.2 Å². The fourth-order valence-corrected chi connectivity index (χ4v) is 1.93. The smallest absolute Gasteiger partial charge is 0.339 e. The van der Waals surface area contributed by atoms with Crippen molar-refractivity contribution in [3.8, 4) is 0 Å². The summed E-state index contributed by atoms with van der Waals surface area (Å²) in [5.41, 5.74) is 2.29. The van der Waals surface area contributed by atoms with Gasteiger partial charge in [-0.2, -0.15) is 0 Å². The zero-order valence-electron chi connectivity index (χ0n) is 12.2. The third kappa shape index (κ3) is 3.16. The van der Waals surface area contributed by atoms with Crippen LogP contribution < -0.4 is 5.32 Å². The summed E-state index contributed by atoms with van der Waals surface area (Å²) in [6, 6.07) is 0.0989. The Bertz CT molecular complexity index is 477. The molecule has 1 aromatic rings. The number of carbonyl (C=O) groups excluding carboxylic acids is 2. The van der Waals surface area contributed by atoms with Crippen molar-refractivity contribution in [2.24, 2.45) is 0 Å². The van der Waals surface area contributed by atoms with Gasteiger partial charge in [-0.25, -0.2) is 4.79 Å². The van der Waals surface area contributed by atoms with Gasteiger partial charge in [-0.05, 0) is 32.3 Å². The molecule has 0 aromatic carbocycles. The van der Waals surface area contributed by atoms with Crippen LogP contribution in [0.5, 0.6) is 0 Å². The Hall–Kier alpha value is -1.78. The number of aromatic nitrogens is 1. The molecule has 1 unspecified atom stereocenters. The first kappa shape index (κ1) is 15.3. The highest BCUT2D eigenvalue weighted by atomic mass is 16.5. The van der Waals surface area contributed by atoms with Crippen molar-refractivity contribution in [3.05, 3.63) is 22.5 Å². The molecule has 0 spiro atoms. The Morgan fingerprint density at radius 1 is 1.37 bits per heavy atom. The van der Waals surface area contributed by atoms with Crippen molar-refractivity contribution in [2.45, 2.75) is 46.6 Å². The molecule has 1 atom stereocenters. The maximum atomic E-state index is 12.1. The molecule has 0 aliphatic heterocycles. The number of amides is 1. The largest absolute Gasteiger partial charge is 0.465 e. The summed E-state index contributed by atoms with van der Waals surface area (Å²) in [7, 11) is 1.34. The first-order valence-corrected chi connectivity index (χ1v) is 6.56. The monoisotopic (exact) mass is 266 g/mol. The molecule has 0 aliphatic carbocycles. The van der Waals surface area contributed by atoms with E-state index >= 15 is 0 Å². The fourth-order valence-electron chi connectivity index (χ4n) is 1.93. The highest BCUT2D eigenvalue weighted by molar-refractivity contribution is 6.00. The van der Waals surface area contributed by atoms with Gasteiger partial charge in [-0.15, -0.1) is 0 Å². The molecule has 19 heavy (non-hydrogen) atoms. The highest BCUT2D eigenvalue weighted by Gasteiger charge is 2.23. The van der Waals surface area contributed by atoms with Crippen LogP contribution in [0.15, 0.2) is 0 Å². The molecule has 0 bridgehead atoms. The second-order valence-electron chi connectivity index (χ2n) is 4.61. The van der Waals surface area contributed by atoms with Crippen LogP contribution in [0.4, 0.5) is 0 Å². The fraction of sp³-hybridized carbons (Fsp3) is 0.571. The summed E-state index contributed by atoms with van der Waals surface area (Å²) >= 11 is 0. The number of nitrogens with one attached hydrogen (secondary N) is 2. The Morgan fingerprint density at radius 2 is 2.00 bits per heavy atom. The van der Waals surface area contributed by atoms with Crippen molar-refractivity contribution in [1.82, 2.24) is 10.3 Å². The molecule has 2 N–H and O–H groups in total. The molecule has 1 aromatic heterocycles. The van der Waals surface area contributed by atoms with Crippen LogP contribution in [0.3, 0.4) is 0 Å². The molecule has 0 radical (unpaired) electrons. The first-order chi connectivity index (χ1) is 8.96. The van der Waals surface area contributed by atoms with E-state index in [0.29, 0.717) is 23.2 Å². The summed E-state index contributed by atoms with van der Waals surface area (Å²) in [6.45, 7) is 7.63. The minimum atomic E-state index is -0.409. The van der Waals surface area contributed by atoms with E-state index in [2.05, 4.69) is 10.3 Å².